The summed E-state index contributed by atoms with van der Waals surface area (Å²) in [6, 6.07) is 15.5. The van der Waals surface area contributed by atoms with E-state index in [4.69, 9.17) is 14.3 Å². The molecule has 0 saturated heterocycles. The molecule has 0 bridgehead atoms. The van der Waals surface area contributed by atoms with Gasteiger partial charge in [0, 0.05) is 25.0 Å². The van der Waals surface area contributed by atoms with Crippen molar-refractivity contribution in [1.82, 2.24) is 9.55 Å². The molecule has 0 N–H and O–H groups in total. The van der Waals surface area contributed by atoms with Crippen LogP contribution < -0.4 is 9.47 Å². The van der Waals surface area contributed by atoms with Gasteiger partial charge in [-0.15, -0.1) is 0 Å². The molecule has 0 fully saturated rings. The molecular weight excluding hydrogens is 330 g/mol. The van der Waals surface area contributed by atoms with E-state index in [0.29, 0.717) is 23.8 Å². The van der Waals surface area contributed by atoms with Gasteiger partial charge >= 0.3 is 0 Å². The van der Waals surface area contributed by atoms with E-state index < -0.39 is 0 Å². The van der Waals surface area contributed by atoms with Gasteiger partial charge in [0.25, 0.3) is 0 Å². The molecule has 0 aliphatic heterocycles. The number of methoxy groups -OCH3 is 1. The van der Waals surface area contributed by atoms with E-state index in [1.165, 1.54) is 7.11 Å². The molecular formula is C20H21N3O3. The smallest absolute Gasteiger partial charge is 0.162 e. The summed E-state index contributed by atoms with van der Waals surface area (Å²) in [7, 11) is 5.07. The summed E-state index contributed by atoms with van der Waals surface area (Å²) in [5.74, 6) is 2.10. The van der Waals surface area contributed by atoms with Crippen LogP contribution in [-0.2, 0) is 18.5 Å². The molecule has 0 unspecified atom stereocenters. The molecule has 0 radical (unpaired) electrons. The first-order chi connectivity index (χ1) is 12.7. The SMILES string of the molecule is CO/N=C(/c1ccccc1COc1ccccc1OC)c1nccn1C. The minimum absolute atomic E-state index is 0.365. The highest BCUT2D eigenvalue weighted by Crippen LogP contribution is 2.27. The van der Waals surface area contributed by atoms with Crippen LogP contribution in [0, 0.1) is 0 Å². The van der Waals surface area contributed by atoms with Crippen LogP contribution in [-0.4, -0.2) is 29.5 Å². The maximum atomic E-state index is 5.98. The molecule has 26 heavy (non-hydrogen) atoms. The number of aromatic nitrogens is 2. The molecule has 6 nitrogen and oxygen atoms in total. The molecule has 1 heterocycles. The minimum atomic E-state index is 0.365. The monoisotopic (exact) mass is 351 g/mol. The summed E-state index contributed by atoms with van der Waals surface area (Å²) in [5.41, 5.74) is 2.52. The van der Waals surface area contributed by atoms with Crippen molar-refractivity contribution in [3.05, 3.63) is 77.9 Å². The fraction of sp³-hybridized carbons (Fsp3) is 0.200. The predicted molar refractivity (Wildman–Crippen MR) is 99.6 cm³/mol. The standard InChI is InChI=1S/C20H21N3O3/c1-23-13-12-21-20(23)19(22-25-3)16-9-5-4-8-15(16)14-26-18-11-7-6-10-17(18)24-2/h4-13H,14H2,1-3H3/b22-19-. The number of benzene rings is 2. The second-order valence-corrected chi connectivity index (χ2v) is 5.58. The van der Waals surface area contributed by atoms with Gasteiger partial charge in [0.1, 0.15) is 13.7 Å². The number of aryl methyl sites for hydroxylation is 1. The Morgan fingerprint density at radius 3 is 2.46 bits per heavy atom. The highest BCUT2D eigenvalue weighted by atomic mass is 16.6. The summed E-state index contributed by atoms with van der Waals surface area (Å²) in [6.07, 6.45) is 3.60. The van der Waals surface area contributed by atoms with Crippen LogP contribution in [0.1, 0.15) is 17.0 Å². The zero-order chi connectivity index (χ0) is 18.4. The topological polar surface area (TPSA) is 57.9 Å². The first-order valence-corrected chi connectivity index (χ1v) is 8.17. The number of oxime groups is 1. The van der Waals surface area contributed by atoms with Gasteiger partial charge in [-0.3, -0.25) is 0 Å². The van der Waals surface area contributed by atoms with Gasteiger partial charge in [0.2, 0.25) is 0 Å². The Morgan fingerprint density at radius 2 is 1.77 bits per heavy atom. The highest BCUT2D eigenvalue weighted by Gasteiger charge is 2.17. The fourth-order valence-electron chi connectivity index (χ4n) is 2.67. The van der Waals surface area contributed by atoms with Crippen molar-refractivity contribution in [2.45, 2.75) is 6.61 Å². The van der Waals surface area contributed by atoms with Crippen molar-refractivity contribution in [3.8, 4) is 11.5 Å². The molecule has 0 amide bonds. The Hall–Kier alpha value is -3.28. The lowest BCUT2D eigenvalue weighted by atomic mass is 10.0. The van der Waals surface area contributed by atoms with Gasteiger partial charge in [-0.25, -0.2) is 4.98 Å². The Balaban J connectivity index is 1.93. The molecule has 6 heteroatoms. The molecule has 3 rings (SSSR count). The minimum Gasteiger partial charge on any atom is -0.493 e. The van der Waals surface area contributed by atoms with E-state index in [0.717, 1.165) is 17.0 Å². The molecule has 3 aromatic rings. The second kappa shape index (κ2) is 8.20. The Labute approximate surface area is 152 Å². The van der Waals surface area contributed by atoms with Crippen molar-refractivity contribution in [1.29, 1.82) is 0 Å². The van der Waals surface area contributed by atoms with E-state index in [-0.39, 0.29) is 0 Å². The first-order valence-electron chi connectivity index (χ1n) is 8.17. The van der Waals surface area contributed by atoms with Gasteiger partial charge in [0.15, 0.2) is 23.0 Å². The Morgan fingerprint density at radius 1 is 1.04 bits per heavy atom. The molecule has 1 aromatic heterocycles. The van der Waals surface area contributed by atoms with Crippen LogP contribution in [0.5, 0.6) is 11.5 Å². The number of ether oxygens (including phenoxy) is 2. The first kappa shape index (κ1) is 17.5. The lowest BCUT2D eigenvalue weighted by Crippen LogP contribution is -2.14. The van der Waals surface area contributed by atoms with Gasteiger partial charge in [-0.05, 0) is 17.7 Å². The quantitative estimate of drug-likeness (QED) is 0.483. The Bertz CT molecular complexity index is 903. The van der Waals surface area contributed by atoms with Crippen molar-refractivity contribution in [2.75, 3.05) is 14.2 Å². The summed E-state index contributed by atoms with van der Waals surface area (Å²) in [6.45, 7) is 0.365. The van der Waals surface area contributed by atoms with E-state index in [1.54, 1.807) is 13.3 Å². The average molecular weight is 351 g/mol. The van der Waals surface area contributed by atoms with Crippen LogP contribution in [0.25, 0.3) is 0 Å². The van der Waals surface area contributed by atoms with Gasteiger partial charge in [-0.1, -0.05) is 41.6 Å². The molecule has 0 aliphatic carbocycles. The summed E-state index contributed by atoms with van der Waals surface area (Å²) < 4.78 is 13.2. The van der Waals surface area contributed by atoms with E-state index in [1.807, 2.05) is 66.3 Å². The fourth-order valence-corrected chi connectivity index (χ4v) is 2.67. The lowest BCUT2D eigenvalue weighted by molar-refractivity contribution is 0.213. The number of imidazole rings is 1. The number of hydrogen-bond donors (Lipinski definition) is 0. The number of nitrogens with zero attached hydrogens (tertiary/aromatic N) is 3. The highest BCUT2D eigenvalue weighted by molar-refractivity contribution is 6.11. The number of rotatable bonds is 7. The van der Waals surface area contributed by atoms with E-state index >= 15 is 0 Å². The van der Waals surface area contributed by atoms with Gasteiger partial charge < -0.3 is 18.9 Å². The van der Waals surface area contributed by atoms with Crippen LogP contribution in [0.3, 0.4) is 0 Å². The molecule has 2 aromatic carbocycles. The molecule has 134 valence electrons. The summed E-state index contributed by atoms with van der Waals surface area (Å²) in [5, 5.41) is 4.20. The zero-order valence-electron chi connectivity index (χ0n) is 15.0. The van der Waals surface area contributed by atoms with Crippen molar-refractivity contribution in [2.24, 2.45) is 12.2 Å². The molecule has 0 saturated carbocycles. The third kappa shape index (κ3) is 3.69. The lowest BCUT2D eigenvalue weighted by Gasteiger charge is -2.14. The summed E-state index contributed by atoms with van der Waals surface area (Å²) >= 11 is 0. The number of para-hydroxylation sites is 2. The Kier molecular flexibility index (Phi) is 5.53. The molecule has 0 atom stereocenters. The number of hydrogen-bond acceptors (Lipinski definition) is 5. The van der Waals surface area contributed by atoms with Crippen molar-refractivity contribution >= 4 is 5.71 Å². The van der Waals surface area contributed by atoms with E-state index in [2.05, 4.69) is 10.1 Å². The molecule has 0 aliphatic rings. The van der Waals surface area contributed by atoms with Gasteiger partial charge in [0.05, 0.1) is 7.11 Å². The third-order valence-corrected chi connectivity index (χ3v) is 3.94. The predicted octanol–water partition coefficient (Wildman–Crippen LogP) is 3.41. The average Bonchev–Trinajstić information content (AvgIpc) is 3.10. The zero-order valence-corrected chi connectivity index (χ0v) is 15.0. The van der Waals surface area contributed by atoms with Crippen LogP contribution in [0.15, 0.2) is 66.1 Å². The maximum absolute atomic E-state index is 5.98. The van der Waals surface area contributed by atoms with E-state index in [9.17, 15) is 0 Å². The van der Waals surface area contributed by atoms with Crippen LogP contribution in [0.2, 0.25) is 0 Å². The maximum Gasteiger partial charge on any atom is 0.162 e. The van der Waals surface area contributed by atoms with Crippen molar-refractivity contribution < 1.29 is 14.3 Å². The summed E-state index contributed by atoms with van der Waals surface area (Å²) in [4.78, 5) is 9.45. The second-order valence-electron chi connectivity index (χ2n) is 5.58. The largest absolute Gasteiger partial charge is 0.493 e. The van der Waals surface area contributed by atoms with Crippen LogP contribution >= 0.6 is 0 Å². The molecule has 0 spiro atoms. The van der Waals surface area contributed by atoms with Crippen LogP contribution in [0.4, 0.5) is 0 Å². The van der Waals surface area contributed by atoms with Gasteiger partial charge in [-0.2, -0.15) is 0 Å². The van der Waals surface area contributed by atoms with Crippen molar-refractivity contribution in [3.63, 3.8) is 0 Å². The third-order valence-electron chi connectivity index (χ3n) is 3.94. The normalized spacial score (nSPS) is 11.3.